The quantitative estimate of drug-likeness (QED) is 0.852. The van der Waals surface area contributed by atoms with Gasteiger partial charge in [-0.3, -0.25) is 4.79 Å². The molecule has 1 atom stereocenters. The Kier molecular flexibility index (Phi) is 5.97. The van der Waals surface area contributed by atoms with E-state index >= 15 is 0 Å². The van der Waals surface area contributed by atoms with Gasteiger partial charge in [-0.1, -0.05) is 19.1 Å². The number of benzene rings is 2. The van der Waals surface area contributed by atoms with E-state index in [2.05, 4.69) is 5.32 Å². The van der Waals surface area contributed by atoms with Gasteiger partial charge in [-0.05, 0) is 48.4 Å². The predicted molar refractivity (Wildman–Crippen MR) is 85.9 cm³/mol. The molecule has 1 amide bonds. The van der Waals surface area contributed by atoms with Crippen molar-refractivity contribution >= 4 is 5.91 Å². The van der Waals surface area contributed by atoms with Gasteiger partial charge in [0.05, 0.1) is 0 Å². The number of hydrogen-bond acceptors (Lipinski definition) is 3. The van der Waals surface area contributed by atoms with Crippen LogP contribution >= 0.6 is 0 Å². The number of halogens is 1. The summed E-state index contributed by atoms with van der Waals surface area (Å²) in [4.78, 5) is 11.6. The van der Waals surface area contributed by atoms with Crippen molar-refractivity contribution in [3.63, 3.8) is 0 Å². The van der Waals surface area contributed by atoms with Crippen LogP contribution in [0.25, 0.3) is 0 Å². The molecule has 0 fully saturated rings. The zero-order valence-corrected chi connectivity index (χ0v) is 13.2. The van der Waals surface area contributed by atoms with Crippen molar-refractivity contribution in [3.05, 3.63) is 59.9 Å². The molecule has 2 aromatic rings. The van der Waals surface area contributed by atoms with Crippen LogP contribution in [0.5, 0.6) is 11.5 Å². The van der Waals surface area contributed by atoms with Gasteiger partial charge in [-0.25, -0.2) is 4.39 Å². The number of hydrogen-bond donors (Lipinski definition) is 1. The lowest BCUT2D eigenvalue weighted by Crippen LogP contribution is -2.35. The topological polar surface area (TPSA) is 47.6 Å². The number of likely N-dealkylation sites (N-methyl/N-ethyl adjacent to an activating group) is 1. The third kappa shape index (κ3) is 4.98. The molecule has 0 aliphatic heterocycles. The highest BCUT2D eigenvalue weighted by atomic mass is 19.1. The molecule has 0 bridgehead atoms. The molecule has 0 aromatic heterocycles. The number of ether oxygens (including phenoxy) is 2. The van der Waals surface area contributed by atoms with E-state index in [4.69, 9.17) is 9.47 Å². The zero-order valence-electron chi connectivity index (χ0n) is 13.2. The molecule has 0 heterocycles. The van der Waals surface area contributed by atoms with E-state index < -0.39 is 6.10 Å². The Hall–Kier alpha value is -2.56. The highest BCUT2D eigenvalue weighted by Gasteiger charge is 2.16. The van der Waals surface area contributed by atoms with Crippen molar-refractivity contribution in [1.29, 1.82) is 0 Å². The van der Waals surface area contributed by atoms with Crippen molar-refractivity contribution in [1.82, 2.24) is 5.32 Å². The second kappa shape index (κ2) is 8.17. The Bertz CT molecular complexity index is 643. The third-order valence-corrected chi connectivity index (χ3v) is 3.31. The van der Waals surface area contributed by atoms with Gasteiger partial charge in [0.2, 0.25) is 0 Å². The van der Waals surface area contributed by atoms with Gasteiger partial charge in [0.25, 0.3) is 5.91 Å². The largest absolute Gasteiger partial charge is 0.489 e. The third-order valence-electron chi connectivity index (χ3n) is 3.31. The molecule has 5 heteroatoms. The summed E-state index contributed by atoms with van der Waals surface area (Å²) in [7, 11) is 1.58. The molecule has 2 aromatic carbocycles. The fraction of sp³-hybridized carbons (Fsp3) is 0.278. The van der Waals surface area contributed by atoms with E-state index in [-0.39, 0.29) is 18.3 Å². The zero-order chi connectivity index (χ0) is 16.7. The lowest BCUT2D eigenvalue weighted by molar-refractivity contribution is -0.127. The van der Waals surface area contributed by atoms with E-state index in [1.807, 2.05) is 6.92 Å². The molecule has 0 radical (unpaired) electrons. The predicted octanol–water partition coefficient (Wildman–Crippen LogP) is 3.31. The van der Waals surface area contributed by atoms with Gasteiger partial charge in [0.1, 0.15) is 23.9 Å². The molecule has 122 valence electrons. The van der Waals surface area contributed by atoms with Crippen LogP contribution in [0.1, 0.15) is 18.9 Å². The first-order valence-electron chi connectivity index (χ1n) is 7.48. The monoisotopic (exact) mass is 317 g/mol. The Balaban J connectivity index is 1.92. The maximum Gasteiger partial charge on any atom is 0.260 e. The van der Waals surface area contributed by atoms with E-state index in [1.165, 1.54) is 12.1 Å². The van der Waals surface area contributed by atoms with Crippen LogP contribution < -0.4 is 14.8 Å². The summed E-state index contributed by atoms with van der Waals surface area (Å²) >= 11 is 0. The van der Waals surface area contributed by atoms with Crippen molar-refractivity contribution in [3.8, 4) is 11.5 Å². The summed E-state index contributed by atoms with van der Waals surface area (Å²) in [6.07, 6.45) is 0.0661. The Labute approximate surface area is 135 Å². The van der Waals surface area contributed by atoms with Gasteiger partial charge >= 0.3 is 0 Å². The van der Waals surface area contributed by atoms with Crippen LogP contribution in [0.15, 0.2) is 48.5 Å². The summed E-state index contributed by atoms with van der Waals surface area (Å²) in [6, 6.07) is 13.3. The van der Waals surface area contributed by atoms with Crippen LogP contribution in [-0.2, 0) is 11.4 Å². The van der Waals surface area contributed by atoms with Gasteiger partial charge in [-0.15, -0.1) is 0 Å². The lowest BCUT2D eigenvalue weighted by Gasteiger charge is -2.16. The van der Waals surface area contributed by atoms with Crippen molar-refractivity contribution in [2.24, 2.45) is 0 Å². The molecule has 4 nitrogen and oxygen atoms in total. The molecule has 23 heavy (non-hydrogen) atoms. The summed E-state index contributed by atoms with van der Waals surface area (Å²) < 4.78 is 24.3. The summed E-state index contributed by atoms with van der Waals surface area (Å²) in [5.74, 6) is 0.807. The second-order valence-electron chi connectivity index (χ2n) is 5.02. The molecule has 0 aliphatic carbocycles. The first kappa shape index (κ1) is 16.8. The number of amides is 1. The number of carbonyl (C=O) groups is 1. The van der Waals surface area contributed by atoms with Crippen molar-refractivity contribution < 1.29 is 18.7 Å². The van der Waals surface area contributed by atoms with Crippen molar-refractivity contribution in [2.75, 3.05) is 7.05 Å². The standard InChI is InChI=1S/C18H20FNO3/c1-3-17(18(21)20-2)23-16-9-7-15(8-10-16)22-12-13-5-4-6-14(19)11-13/h4-11,17H,3,12H2,1-2H3,(H,20,21)/t17-/m1/s1. The van der Waals surface area contributed by atoms with Gasteiger partial charge in [0.15, 0.2) is 6.10 Å². The Morgan fingerprint density at radius 1 is 1.17 bits per heavy atom. The van der Waals surface area contributed by atoms with Crippen LogP contribution in [-0.4, -0.2) is 19.1 Å². The molecule has 2 rings (SSSR count). The highest BCUT2D eigenvalue weighted by Crippen LogP contribution is 2.20. The molecular weight excluding hydrogens is 297 g/mol. The van der Waals surface area contributed by atoms with Gasteiger partial charge < -0.3 is 14.8 Å². The minimum absolute atomic E-state index is 0.154. The lowest BCUT2D eigenvalue weighted by atomic mass is 10.2. The molecule has 0 spiro atoms. The van der Waals surface area contributed by atoms with Crippen LogP contribution in [0.4, 0.5) is 4.39 Å². The molecular formula is C18H20FNO3. The average molecular weight is 317 g/mol. The highest BCUT2D eigenvalue weighted by molar-refractivity contribution is 5.80. The van der Waals surface area contributed by atoms with Gasteiger partial charge in [-0.2, -0.15) is 0 Å². The van der Waals surface area contributed by atoms with Gasteiger partial charge in [0, 0.05) is 7.05 Å². The Morgan fingerprint density at radius 2 is 1.87 bits per heavy atom. The SMILES string of the molecule is CC[C@@H](Oc1ccc(OCc2cccc(F)c2)cc1)C(=O)NC. The van der Waals surface area contributed by atoms with E-state index in [1.54, 1.807) is 43.4 Å². The molecule has 0 unspecified atom stereocenters. The molecule has 0 aliphatic rings. The smallest absolute Gasteiger partial charge is 0.260 e. The number of rotatable bonds is 7. The number of nitrogens with one attached hydrogen (secondary N) is 1. The van der Waals surface area contributed by atoms with Crippen molar-refractivity contribution in [2.45, 2.75) is 26.1 Å². The summed E-state index contributed by atoms with van der Waals surface area (Å²) in [5.41, 5.74) is 0.760. The Morgan fingerprint density at radius 3 is 2.48 bits per heavy atom. The minimum atomic E-state index is -0.515. The maximum absolute atomic E-state index is 13.1. The first-order chi connectivity index (χ1) is 11.1. The molecule has 0 saturated heterocycles. The van der Waals surface area contributed by atoms with E-state index in [0.717, 1.165) is 5.56 Å². The van der Waals surface area contributed by atoms with Crippen LogP contribution in [0.3, 0.4) is 0 Å². The fourth-order valence-electron chi connectivity index (χ4n) is 2.06. The number of carbonyl (C=O) groups excluding carboxylic acids is 1. The van der Waals surface area contributed by atoms with E-state index in [0.29, 0.717) is 17.9 Å². The second-order valence-corrected chi connectivity index (χ2v) is 5.02. The maximum atomic E-state index is 13.1. The first-order valence-corrected chi connectivity index (χ1v) is 7.48. The van der Waals surface area contributed by atoms with Crippen LogP contribution in [0.2, 0.25) is 0 Å². The summed E-state index contributed by atoms with van der Waals surface area (Å²) in [5, 5.41) is 2.57. The van der Waals surface area contributed by atoms with Crippen LogP contribution in [0, 0.1) is 5.82 Å². The fourth-order valence-corrected chi connectivity index (χ4v) is 2.06. The molecule has 0 saturated carbocycles. The average Bonchev–Trinajstić information content (AvgIpc) is 2.58. The van der Waals surface area contributed by atoms with E-state index in [9.17, 15) is 9.18 Å². The molecule has 1 N–H and O–H groups in total. The minimum Gasteiger partial charge on any atom is -0.489 e. The normalized spacial score (nSPS) is 11.6. The summed E-state index contributed by atoms with van der Waals surface area (Å²) in [6.45, 7) is 2.17.